The van der Waals surface area contributed by atoms with Crippen LogP contribution >= 0.6 is 0 Å². The van der Waals surface area contributed by atoms with Crippen molar-refractivity contribution in [2.75, 3.05) is 0 Å². The smallest absolute Gasteiger partial charge is 0.115 e. The molecular formula is C26H40O2. The van der Waals surface area contributed by atoms with Gasteiger partial charge in [-0.3, -0.25) is 0 Å². The highest BCUT2D eigenvalue weighted by Gasteiger charge is 2.54. The number of hydrogen-bond acceptors (Lipinski definition) is 2. The molecule has 2 aliphatic rings. The second kappa shape index (κ2) is 8.61. The Kier molecular flexibility index (Phi) is 6.59. The number of phenolic OH excluding ortho intramolecular Hbond substituents is 1. The van der Waals surface area contributed by atoms with Gasteiger partial charge in [0.05, 0.1) is 6.10 Å². The predicted octanol–water partition coefficient (Wildman–Crippen LogP) is 6.28. The number of allylic oxidation sites excluding steroid dienone is 2. The number of benzene rings is 1. The van der Waals surface area contributed by atoms with E-state index in [1.54, 1.807) is 6.07 Å². The molecule has 2 nitrogen and oxygen atoms in total. The fourth-order valence-corrected chi connectivity index (χ4v) is 6.35. The molecule has 0 bridgehead atoms. The molecule has 2 saturated carbocycles. The van der Waals surface area contributed by atoms with Crippen molar-refractivity contribution in [1.82, 2.24) is 0 Å². The monoisotopic (exact) mass is 384 g/mol. The van der Waals surface area contributed by atoms with E-state index in [4.69, 9.17) is 0 Å². The van der Waals surface area contributed by atoms with Crippen LogP contribution in [0.1, 0.15) is 70.9 Å². The lowest BCUT2D eigenvalue weighted by Crippen LogP contribution is -2.45. The lowest BCUT2D eigenvalue weighted by Gasteiger charge is -2.48. The van der Waals surface area contributed by atoms with Crippen molar-refractivity contribution in [1.29, 1.82) is 0 Å². The molecule has 2 fully saturated rings. The summed E-state index contributed by atoms with van der Waals surface area (Å²) in [5.41, 5.74) is 2.81. The van der Waals surface area contributed by atoms with Gasteiger partial charge in [-0.05, 0) is 104 Å². The van der Waals surface area contributed by atoms with E-state index in [0.717, 1.165) is 31.6 Å². The molecule has 2 heteroatoms. The molecule has 0 heterocycles. The summed E-state index contributed by atoms with van der Waals surface area (Å²) < 4.78 is 0. The Morgan fingerprint density at radius 2 is 1.89 bits per heavy atom. The first-order chi connectivity index (χ1) is 13.2. The first kappa shape index (κ1) is 21.4. The molecule has 0 amide bonds. The van der Waals surface area contributed by atoms with Gasteiger partial charge in [-0.15, -0.1) is 0 Å². The summed E-state index contributed by atoms with van der Waals surface area (Å²) in [5.74, 6) is 3.30. The Morgan fingerprint density at radius 1 is 1.14 bits per heavy atom. The molecule has 28 heavy (non-hydrogen) atoms. The Labute approximate surface area is 172 Å². The molecular weight excluding hydrogens is 344 g/mol. The van der Waals surface area contributed by atoms with Crippen LogP contribution in [0.25, 0.3) is 0 Å². The van der Waals surface area contributed by atoms with Crippen LogP contribution in [0.15, 0.2) is 30.4 Å². The molecule has 1 aromatic rings. The van der Waals surface area contributed by atoms with Crippen molar-refractivity contribution < 1.29 is 10.2 Å². The van der Waals surface area contributed by atoms with Gasteiger partial charge in [0.25, 0.3) is 0 Å². The summed E-state index contributed by atoms with van der Waals surface area (Å²) in [4.78, 5) is 0. The van der Waals surface area contributed by atoms with Crippen LogP contribution in [0.2, 0.25) is 0 Å². The molecule has 6 unspecified atom stereocenters. The molecule has 6 atom stereocenters. The quantitative estimate of drug-likeness (QED) is 0.566. The van der Waals surface area contributed by atoms with Crippen LogP contribution in [0.3, 0.4) is 0 Å². The Balaban J connectivity index is 1.74. The van der Waals surface area contributed by atoms with E-state index < -0.39 is 0 Å². The van der Waals surface area contributed by atoms with E-state index in [1.807, 2.05) is 12.1 Å². The fourth-order valence-electron chi connectivity index (χ4n) is 6.35. The molecule has 0 aliphatic heterocycles. The van der Waals surface area contributed by atoms with Crippen LogP contribution in [0, 0.1) is 41.9 Å². The summed E-state index contributed by atoms with van der Waals surface area (Å²) in [6.07, 6.45) is 11.2. The van der Waals surface area contributed by atoms with Gasteiger partial charge in [0.1, 0.15) is 5.75 Å². The van der Waals surface area contributed by atoms with Gasteiger partial charge in [0, 0.05) is 0 Å². The van der Waals surface area contributed by atoms with Crippen molar-refractivity contribution in [2.24, 2.45) is 35.0 Å². The summed E-state index contributed by atoms with van der Waals surface area (Å²) >= 11 is 0. The highest BCUT2D eigenvalue weighted by Crippen LogP contribution is 2.60. The Bertz CT molecular complexity index is 692. The third-order valence-corrected chi connectivity index (χ3v) is 7.99. The zero-order valence-corrected chi connectivity index (χ0v) is 18.5. The molecule has 0 saturated heterocycles. The number of fused-ring (bicyclic) bond motifs is 1. The van der Waals surface area contributed by atoms with Gasteiger partial charge in [-0.2, -0.15) is 0 Å². The SMILES string of the molecule is Cc1ccc(O)cc1CCC1C(O)CCC2(C)C(C(C)C=CC(C)C)CCC12. The standard InChI is InChI=1S/C26H40O2/c1-17(2)6-7-19(4)23-12-13-24-22(25(28)14-15-26(23,24)5)11-9-20-16-21(27)10-8-18(20)3/h6-8,10,16-17,19,22-25,27-28H,9,11-15H2,1-5H3. The number of aliphatic hydroxyl groups is 1. The minimum Gasteiger partial charge on any atom is -0.508 e. The first-order valence-electron chi connectivity index (χ1n) is 11.4. The van der Waals surface area contributed by atoms with Gasteiger partial charge < -0.3 is 10.2 Å². The maximum atomic E-state index is 10.9. The van der Waals surface area contributed by atoms with Crippen molar-refractivity contribution in [3.8, 4) is 5.75 Å². The van der Waals surface area contributed by atoms with Crippen LogP contribution in [-0.4, -0.2) is 16.3 Å². The van der Waals surface area contributed by atoms with Gasteiger partial charge in [0.15, 0.2) is 0 Å². The van der Waals surface area contributed by atoms with Crippen molar-refractivity contribution >= 4 is 0 Å². The minimum absolute atomic E-state index is 0.170. The van der Waals surface area contributed by atoms with E-state index in [1.165, 1.54) is 24.0 Å². The van der Waals surface area contributed by atoms with Crippen molar-refractivity contribution in [3.05, 3.63) is 41.5 Å². The summed E-state index contributed by atoms with van der Waals surface area (Å²) in [7, 11) is 0. The number of hydrogen-bond donors (Lipinski definition) is 2. The average Bonchev–Trinajstić information content (AvgIpc) is 2.99. The number of phenols is 1. The van der Waals surface area contributed by atoms with Gasteiger partial charge in [-0.1, -0.05) is 45.9 Å². The molecule has 2 aliphatic carbocycles. The average molecular weight is 385 g/mol. The minimum atomic E-state index is -0.170. The second-order valence-corrected chi connectivity index (χ2v) is 10.2. The van der Waals surface area contributed by atoms with E-state index in [2.05, 4.69) is 46.8 Å². The predicted molar refractivity (Wildman–Crippen MR) is 117 cm³/mol. The fraction of sp³-hybridized carbons (Fsp3) is 0.692. The summed E-state index contributed by atoms with van der Waals surface area (Å²) in [5, 5.41) is 20.7. The number of aliphatic hydroxyl groups excluding tert-OH is 1. The molecule has 2 N–H and O–H groups in total. The summed E-state index contributed by atoms with van der Waals surface area (Å²) in [6.45, 7) is 11.5. The summed E-state index contributed by atoms with van der Waals surface area (Å²) in [6, 6.07) is 5.67. The zero-order chi connectivity index (χ0) is 20.5. The molecule has 0 radical (unpaired) electrons. The van der Waals surface area contributed by atoms with E-state index in [0.29, 0.717) is 34.8 Å². The zero-order valence-electron chi connectivity index (χ0n) is 18.5. The van der Waals surface area contributed by atoms with Crippen molar-refractivity contribution in [2.45, 2.75) is 79.2 Å². The molecule has 0 aromatic heterocycles. The number of aryl methyl sites for hydroxylation is 2. The second-order valence-electron chi connectivity index (χ2n) is 10.2. The first-order valence-corrected chi connectivity index (χ1v) is 11.4. The van der Waals surface area contributed by atoms with Gasteiger partial charge in [-0.25, -0.2) is 0 Å². The van der Waals surface area contributed by atoms with Crippen molar-refractivity contribution in [3.63, 3.8) is 0 Å². The Hall–Kier alpha value is -1.28. The lowest BCUT2D eigenvalue weighted by atomic mass is 9.58. The molecule has 0 spiro atoms. The maximum Gasteiger partial charge on any atom is 0.115 e. The third-order valence-electron chi connectivity index (χ3n) is 7.99. The molecule has 156 valence electrons. The highest BCUT2D eigenvalue weighted by molar-refractivity contribution is 5.34. The van der Waals surface area contributed by atoms with Crippen LogP contribution in [0.4, 0.5) is 0 Å². The van der Waals surface area contributed by atoms with E-state index in [9.17, 15) is 10.2 Å². The highest BCUT2D eigenvalue weighted by atomic mass is 16.3. The molecule has 1 aromatic carbocycles. The largest absolute Gasteiger partial charge is 0.508 e. The third kappa shape index (κ3) is 4.32. The lowest BCUT2D eigenvalue weighted by molar-refractivity contribution is -0.0493. The van der Waals surface area contributed by atoms with Gasteiger partial charge in [0.2, 0.25) is 0 Å². The maximum absolute atomic E-state index is 10.9. The van der Waals surface area contributed by atoms with E-state index >= 15 is 0 Å². The molecule has 3 rings (SSSR count). The van der Waals surface area contributed by atoms with E-state index in [-0.39, 0.29) is 6.10 Å². The Morgan fingerprint density at radius 3 is 2.61 bits per heavy atom. The van der Waals surface area contributed by atoms with Gasteiger partial charge >= 0.3 is 0 Å². The topological polar surface area (TPSA) is 40.5 Å². The normalized spacial score (nSPS) is 34.1. The van der Waals surface area contributed by atoms with Crippen LogP contribution < -0.4 is 0 Å². The van der Waals surface area contributed by atoms with Crippen LogP contribution in [-0.2, 0) is 6.42 Å². The number of aromatic hydroxyl groups is 1. The number of rotatable bonds is 6. The van der Waals surface area contributed by atoms with Crippen LogP contribution in [0.5, 0.6) is 5.75 Å².